The zero-order valence-corrected chi connectivity index (χ0v) is 9.75. The molecular formula is C9H12N6O2. The van der Waals surface area contributed by atoms with Crippen LogP contribution in [0.15, 0.2) is 0 Å². The quantitative estimate of drug-likeness (QED) is 0.773. The van der Waals surface area contributed by atoms with Gasteiger partial charge in [-0.05, 0) is 6.92 Å². The fraction of sp³-hybridized carbons (Fsp3) is 0.444. The minimum atomic E-state index is -0.937. The number of aliphatic carboxylic acids is 1. The van der Waals surface area contributed by atoms with Crippen LogP contribution in [-0.2, 0) is 11.8 Å². The first kappa shape index (κ1) is 11.2. The van der Waals surface area contributed by atoms with Gasteiger partial charge in [-0.1, -0.05) is 5.21 Å². The van der Waals surface area contributed by atoms with Crippen molar-refractivity contribution in [3.63, 3.8) is 0 Å². The van der Waals surface area contributed by atoms with E-state index in [1.807, 2.05) is 6.92 Å². The van der Waals surface area contributed by atoms with Gasteiger partial charge in [0, 0.05) is 14.1 Å². The highest BCUT2D eigenvalue weighted by atomic mass is 16.4. The maximum absolute atomic E-state index is 10.6. The van der Waals surface area contributed by atoms with Gasteiger partial charge in [-0.3, -0.25) is 4.79 Å². The summed E-state index contributed by atoms with van der Waals surface area (Å²) >= 11 is 0. The minimum absolute atomic E-state index is 0.161. The van der Waals surface area contributed by atoms with Crippen LogP contribution in [0.5, 0.6) is 0 Å². The number of anilines is 1. The number of nitrogens with zero attached hydrogens (tertiary/aromatic N) is 6. The molecule has 0 atom stereocenters. The van der Waals surface area contributed by atoms with E-state index in [4.69, 9.17) is 5.11 Å². The topological polar surface area (TPSA) is 97.0 Å². The second-order valence-corrected chi connectivity index (χ2v) is 3.74. The molecule has 1 N–H and O–H groups in total. The molecule has 2 rings (SSSR count). The molecule has 90 valence electrons. The van der Waals surface area contributed by atoms with E-state index in [1.54, 1.807) is 18.8 Å². The van der Waals surface area contributed by atoms with Gasteiger partial charge in [0.25, 0.3) is 0 Å². The molecule has 17 heavy (non-hydrogen) atoms. The Kier molecular flexibility index (Phi) is 2.62. The van der Waals surface area contributed by atoms with Gasteiger partial charge in [0.15, 0.2) is 0 Å². The number of likely N-dealkylation sites (N-methyl/N-ethyl adjacent to an activating group) is 1. The lowest BCUT2D eigenvalue weighted by Gasteiger charge is -2.14. The summed E-state index contributed by atoms with van der Waals surface area (Å²) in [6.45, 7) is 1.65. The van der Waals surface area contributed by atoms with Crippen molar-refractivity contribution in [2.45, 2.75) is 6.92 Å². The maximum Gasteiger partial charge on any atom is 0.323 e. The number of aromatic nitrogens is 5. The second-order valence-electron chi connectivity index (χ2n) is 3.74. The third kappa shape index (κ3) is 2.01. The molecule has 0 bridgehead atoms. The molecule has 0 saturated heterocycles. The van der Waals surface area contributed by atoms with E-state index >= 15 is 0 Å². The van der Waals surface area contributed by atoms with Crippen LogP contribution in [0.1, 0.15) is 5.69 Å². The molecule has 0 aliphatic carbocycles. The normalized spacial score (nSPS) is 10.8. The minimum Gasteiger partial charge on any atom is -0.480 e. The predicted molar refractivity (Wildman–Crippen MR) is 59.7 cm³/mol. The van der Waals surface area contributed by atoms with E-state index < -0.39 is 5.97 Å². The van der Waals surface area contributed by atoms with Crippen molar-refractivity contribution < 1.29 is 9.90 Å². The molecule has 2 heterocycles. The predicted octanol–water partition coefficient (Wildman–Crippen LogP) is -0.412. The molecule has 0 unspecified atom stereocenters. The van der Waals surface area contributed by atoms with Crippen molar-refractivity contribution in [2.75, 3.05) is 18.5 Å². The molecule has 0 spiro atoms. The highest BCUT2D eigenvalue weighted by Gasteiger charge is 2.14. The van der Waals surface area contributed by atoms with E-state index in [2.05, 4.69) is 20.3 Å². The Morgan fingerprint density at radius 3 is 2.82 bits per heavy atom. The average Bonchev–Trinajstić information content (AvgIpc) is 2.59. The molecule has 0 radical (unpaired) electrons. The number of hydrogen-bond donors (Lipinski definition) is 1. The zero-order valence-electron chi connectivity index (χ0n) is 9.75. The molecule has 8 nitrogen and oxygen atoms in total. The lowest BCUT2D eigenvalue weighted by molar-refractivity contribution is -0.135. The van der Waals surface area contributed by atoms with Crippen LogP contribution < -0.4 is 4.90 Å². The summed E-state index contributed by atoms with van der Waals surface area (Å²) in [5.41, 5.74) is 1.93. The highest BCUT2D eigenvalue weighted by Crippen LogP contribution is 2.15. The molecule has 8 heteroatoms. The molecule has 2 aromatic heterocycles. The highest BCUT2D eigenvalue weighted by molar-refractivity contribution is 5.75. The van der Waals surface area contributed by atoms with Gasteiger partial charge in [0.2, 0.25) is 11.6 Å². The maximum atomic E-state index is 10.6. The summed E-state index contributed by atoms with van der Waals surface area (Å²) in [4.78, 5) is 20.5. The number of hydrogen-bond acceptors (Lipinski definition) is 6. The number of carbonyl (C=O) groups is 1. The first-order valence-electron chi connectivity index (χ1n) is 4.96. The van der Waals surface area contributed by atoms with Crippen LogP contribution in [0.25, 0.3) is 11.2 Å². The largest absolute Gasteiger partial charge is 0.480 e. The van der Waals surface area contributed by atoms with Crippen LogP contribution in [0, 0.1) is 6.92 Å². The second kappa shape index (κ2) is 3.96. The van der Waals surface area contributed by atoms with Crippen LogP contribution in [0.2, 0.25) is 0 Å². The summed E-state index contributed by atoms with van der Waals surface area (Å²) in [6.07, 6.45) is 0. The first-order chi connectivity index (χ1) is 7.99. The lowest BCUT2D eigenvalue weighted by Crippen LogP contribution is -2.27. The zero-order chi connectivity index (χ0) is 12.6. The molecule has 0 aliphatic heterocycles. The Balaban J connectivity index is 2.46. The van der Waals surface area contributed by atoms with Gasteiger partial charge in [0.05, 0.1) is 5.69 Å². The van der Waals surface area contributed by atoms with Gasteiger partial charge in [-0.25, -0.2) is 9.67 Å². The number of rotatable bonds is 3. The van der Waals surface area contributed by atoms with Crippen molar-refractivity contribution in [3.8, 4) is 0 Å². The summed E-state index contributed by atoms with van der Waals surface area (Å²) in [6, 6.07) is 0. The molecule has 0 amide bonds. The standard InChI is InChI=1S/C9H12N6O2/c1-5-7-8(12-13-15(7)3)11-9(10-5)14(2)4-6(16)17/h4H2,1-3H3,(H,16,17). The van der Waals surface area contributed by atoms with Crippen molar-refractivity contribution >= 4 is 23.1 Å². The Hall–Kier alpha value is -2.25. The van der Waals surface area contributed by atoms with Crippen LogP contribution in [0.3, 0.4) is 0 Å². The average molecular weight is 236 g/mol. The van der Waals surface area contributed by atoms with Gasteiger partial charge >= 0.3 is 5.97 Å². The fourth-order valence-electron chi connectivity index (χ4n) is 1.58. The SMILES string of the molecule is Cc1nc(N(C)CC(=O)O)nc2nnn(C)c12. The fourth-order valence-corrected chi connectivity index (χ4v) is 1.58. The number of carboxylic acids is 1. The van der Waals surface area contributed by atoms with Gasteiger partial charge in [0.1, 0.15) is 12.1 Å². The summed E-state index contributed by atoms with van der Waals surface area (Å²) in [5, 5.41) is 16.4. The summed E-state index contributed by atoms with van der Waals surface area (Å²) in [7, 11) is 3.37. The van der Waals surface area contributed by atoms with Gasteiger partial charge in [-0.2, -0.15) is 4.98 Å². The van der Waals surface area contributed by atoms with Crippen molar-refractivity contribution in [1.29, 1.82) is 0 Å². The van der Waals surface area contributed by atoms with Gasteiger partial charge in [-0.15, -0.1) is 5.10 Å². The molecule has 0 aliphatic rings. The summed E-state index contributed by atoms with van der Waals surface area (Å²) < 4.78 is 1.59. The molecule has 2 aromatic rings. The first-order valence-corrected chi connectivity index (χ1v) is 4.96. The number of aryl methyl sites for hydroxylation is 2. The number of fused-ring (bicyclic) bond motifs is 1. The molecular weight excluding hydrogens is 224 g/mol. The van der Waals surface area contributed by atoms with Crippen LogP contribution in [-0.4, -0.2) is 49.6 Å². The van der Waals surface area contributed by atoms with Crippen LogP contribution in [0.4, 0.5) is 5.95 Å². The Bertz CT molecular complexity index is 578. The third-order valence-electron chi connectivity index (χ3n) is 2.34. The van der Waals surface area contributed by atoms with E-state index in [9.17, 15) is 4.79 Å². The van der Waals surface area contributed by atoms with E-state index in [-0.39, 0.29) is 6.54 Å². The van der Waals surface area contributed by atoms with E-state index in [1.165, 1.54) is 4.90 Å². The molecule has 0 fully saturated rings. The van der Waals surface area contributed by atoms with Crippen molar-refractivity contribution in [2.24, 2.45) is 7.05 Å². The monoisotopic (exact) mass is 236 g/mol. The number of carboxylic acid groups (broad SMARTS) is 1. The smallest absolute Gasteiger partial charge is 0.323 e. The van der Waals surface area contributed by atoms with Crippen molar-refractivity contribution in [1.82, 2.24) is 25.0 Å². The van der Waals surface area contributed by atoms with Gasteiger partial charge < -0.3 is 10.0 Å². The third-order valence-corrected chi connectivity index (χ3v) is 2.34. The van der Waals surface area contributed by atoms with Crippen LogP contribution >= 0.6 is 0 Å². The molecule has 0 aromatic carbocycles. The Morgan fingerprint density at radius 2 is 2.18 bits per heavy atom. The van der Waals surface area contributed by atoms with E-state index in [0.717, 1.165) is 11.2 Å². The van der Waals surface area contributed by atoms with Crippen molar-refractivity contribution in [3.05, 3.63) is 5.69 Å². The lowest BCUT2D eigenvalue weighted by atomic mass is 10.4. The van der Waals surface area contributed by atoms with E-state index in [0.29, 0.717) is 11.6 Å². The summed E-state index contributed by atoms with van der Waals surface area (Å²) in [5.74, 6) is -0.606. The molecule has 0 saturated carbocycles. The Morgan fingerprint density at radius 1 is 1.47 bits per heavy atom. The Labute approximate surface area is 96.9 Å².